The van der Waals surface area contributed by atoms with Gasteiger partial charge in [-0.15, -0.1) is 0 Å². The summed E-state index contributed by atoms with van der Waals surface area (Å²) in [5, 5.41) is 5.23. The van der Waals surface area contributed by atoms with E-state index in [9.17, 15) is 9.59 Å². The van der Waals surface area contributed by atoms with Crippen LogP contribution in [-0.4, -0.2) is 45.2 Å². The summed E-state index contributed by atoms with van der Waals surface area (Å²) >= 11 is 0. The molecular weight excluding hydrogens is 332 g/mol. The van der Waals surface area contributed by atoms with Gasteiger partial charge in [0, 0.05) is 24.7 Å². The van der Waals surface area contributed by atoms with Crippen molar-refractivity contribution in [2.24, 2.45) is 0 Å². The van der Waals surface area contributed by atoms with Gasteiger partial charge in [0.2, 0.25) is 0 Å². The molecule has 0 spiro atoms. The lowest BCUT2D eigenvalue weighted by atomic mass is 10.1. The van der Waals surface area contributed by atoms with Crippen LogP contribution in [0, 0.1) is 0 Å². The average molecular weight is 350 g/mol. The topological polar surface area (TPSA) is 77.3 Å². The Morgan fingerprint density at radius 3 is 2.85 bits per heavy atom. The number of aromatic nitrogens is 3. The molecule has 1 aromatic carbocycles. The van der Waals surface area contributed by atoms with Crippen molar-refractivity contribution in [3.63, 3.8) is 0 Å². The lowest BCUT2D eigenvalue weighted by molar-refractivity contribution is 0.0593. The molecule has 132 valence electrons. The third kappa shape index (κ3) is 2.81. The zero-order chi connectivity index (χ0) is 18.1. The monoisotopic (exact) mass is 350 g/mol. The molecule has 7 heteroatoms. The fourth-order valence-corrected chi connectivity index (χ4v) is 3.29. The van der Waals surface area contributed by atoms with Crippen LogP contribution in [0.1, 0.15) is 33.0 Å². The van der Waals surface area contributed by atoms with Crippen LogP contribution in [0.25, 0.3) is 10.9 Å². The van der Waals surface area contributed by atoms with Gasteiger partial charge in [-0.2, -0.15) is 5.10 Å². The molecule has 1 amide bonds. The van der Waals surface area contributed by atoms with Gasteiger partial charge in [0.05, 0.1) is 30.4 Å². The Morgan fingerprint density at radius 2 is 2.00 bits per heavy atom. The molecule has 26 heavy (non-hydrogen) atoms. The molecule has 1 aliphatic heterocycles. The molecule has 0 unspecified atom stereocenters. The minimum absolute atomic E-state index is 0.0661. The van der Waals surface area contributed by atoms with Crippen LogP contribution in [0.4, 0.5) is 0 Å². The van der Waals surface area contributed by atoms with Crippen LogP contribution in [0.15, 0.2) is 42.6 Å². The van der Waals surface area contributed by atoms with Crippen molar-refractivity contribution in [1.82, 2.24) is 19.7 Å². The number of benzene rings is 1. The molecule has 0 radical (unpaired) electrons. The predicted molar refractivity (Wildman–Crippen MR) is 94.7 cm³/mol. The molecule has 0 atom stereocenters. The molecule has 0 fully saturated rings. The third-order valence-corrected chi connectivity index (χ3v) is 4.56. The summed E-state index contributed by atoms with van der Waals surface area (Å²) < 4.78 is 6.51. The molecule has 0 aliphatic carbocycles. The summed E-state index contributed by atoms with van der Waals surface area (Å²) in [6.07, 6.45) is 2.46. The van der Waals surface area contributed by atoms with Gasteiger partial charge < -0.3 is 9.64 Å². The maximum Gasteiger partial charge on any atom is 0.358 e. The number of aryl methyl sites for hydroxylation is 1. The number of hydrogen-bond acceptors (Lipinski definition) is 5. The van der Waals surface area contributed by atoms with E-state index in [4.69, 9.17) is 4.74 Å². The minimum Gasteiger partial charge on any atom is -0.464 e. The minimum atomic E-state index is -0.471. The van der Waals surface area contributed by atoms with E-state index < -0.39 is 5.97 Å². The van der Waals surface area contributed by atoms with Crippen molar-refractivity contribution in [1.29, 1.82) is 0 Å². The van der Waals surface area contributed by atoms with Gasteiger partial charge in [-0.3, -0.25) is 14.5 Å². The summed E-state index contributed by atoms with van der Waals surface area (Å²) in [6.45, 7) is 1.68. The number of hydrogen-bond donors (Lipinski definition) is 0. The predicted octanol–water partition coefficient (Wildman–Crippen LogP) is 2.26. The number of nitrogens with zero attached hydrogens (tertiary/aromatic N) is 4. The summed E-state index contributed by atoms with van der Waals surface area (Å²) in [7, 11) is 1.33. The van der Waals surface area contributed by atoms with Crippen LogP contribution < -0.4 is 0 Å². The highest BCUT2D eigenvalue weighted by Gasteiger charge is 2.24. The molecule has 2 aromatic heterocycles. The second-order valence-corrected chi connectivity index (χ2v) is 6.20. The Morgan fingerprint density at radius 1 is 1.15 bits per heavy atom. The fraction of sp³-hybridized carbons (Fsp3) is 0.263. The van der Waals surface area contributed by atoms with E-state index in [1.54, 1.807) is 27.9 Å². The zero-order valence-electron chi connectivity index (χ0n) is 14.4. The Labute approximate surface area is 150 Å². The average Bonchev–Trinajstić information content (AvgIpc) is 2.98. The maximum atomic E-state index is 13.1. The summed E-state index contributed by atoms with van der Waals surface area (Å²) in [4.78, 5) is 31.0. The summed E-state index contributed by atoms with van der Waals surface area (Å²) in [5.41, 5.74) is 2.38. The Bertz CT molecular complexity index is 990. The number of fused-ring (bicyclic) bond motifs is 2. The zero-order valence-corrected chi connectivity index (χ0v) is 14.4. The van der Waals surface area contributed by atoms with Gasteiger partial charge in [0.1, 0.15) is 0 Å². The molecule has 7 nitrogen and oxygen atoms in total. The van der Waals surface area contributed by atoms with Gasteiger partial charge in [-0.1, -0.05) is 18.2 Å². The van der Waals surface area contributed by atoms with Crippen molar-refractivity contribution in [3.8, 4) is 0 Å². The second-order valence-electron chi connectivity index (χ2n) is 6.20. The normalized spacial score (nSPS) is 14.0. The smallest absolute Gasteiger partial charge is 0.358 e. The highest BCUT2D eigenvalue weighted by molar-refractivity contribution is 6.05. The molecule has 3 aromatic rings. The van der Waals surface area contributed by atoms with E-state index in [2.05, 4.69) is 10.1 Å². The summed E-state index contributed by atoms with van der Waals surface area (Å²) in [6, 6.07) is 11.1. The van der Waals surface area contributed by atoms with Gasteiger partial charge in [0.15, 0.2) is 5.69 Å². The van der Waals surface area contributed by atoms with E-state index in [1.807, 2.05) is 24.3 Å². The van der Waals surface area contributed by atoms with Crippen LogP contribution in [0.3, 0.4) is 0 Å². The molecule has 0 bridgehead atoms. The van der Waals surface area contributed by atoms with Crippen molar-refractivity contribution in [3.05, 3.63) is 59.5 Å². The highest BCUT2D eigenvalue weighted by atomic mass is 16.5. The molecule has 0 saturated carbocycles. The van der Waals surface area contributed by atoms with Gasteiger partial charge in [0.25, 0.3) is 5.91 Å². The fourth-order valence-electron chi connectivity index (χ4n) is 3.29. The Kier molecular flexibility index (Phi) is 4.12. The molecule has 0 saturated heterocycles. The maximum absolute atomic E-state index is 13.1. The number of amides is 1. The van der Waals surface area contributed by atoms with Crippen LogP contribution in [0.2, 0.25) is 0 Å². The van der Waals surface area contributed by atoms with Crippen molar-refractivity contribution in [2.75, 3.05) is 13.7 Å². The number of ether oxygens (including phenoxy) is 1. The molecule has 3 heterocycles. The first-order chi connectivity index (χ1) is 12.7. The molecule has 1 aliphatic rings. The largest absolute Gasteiger partial charge is 0.464 e. The second kappa shape index (κ2) is 6.59. The third-order valence-electron chi connectivity index (χ3n) is 4.56. The van der Waals surface area contributed by atoms with E-state index in [1.165, 1.54) is 7.11 Å². The van der Waals surface area contributed by atoms with Crippen LogP contribution in [-0.2, 0) is 17.8 Å². The number of carbonyl (C=O) groups is 2. The number of carbonyl (C=O) groups excluding carboxylic acids is 2. The van der Waals surface area contributed by atoms with E-state index in [0.29, 0.717) is 30.7 Å². The SMILES string of the molecule is COC(=O)c1cc2n(n1)CCCN(C(=O)c1cccc3cccnc13)C2. The molecule has 0 N–H and O–H groups in total. The molecular formula is C19H18N4O3. The van der Waals surface area contributed by atoms with E-state index in [0.717, 1.165) is 17.5 Å². The van der Waals surface area contributed by atoms with Crippen molar-refractivity contribution < 1.29 is 14.3 Å². The van der Waals surface area contributed by atoms with Gasteiger partial charge in [-0.05, 0) is 24.6 Å². The summed E-state index contributed by atoms with van der Waals surface area (Å²) in [5.74, 6) is -0.537. The Hall–Kier alpha value is -3.22. The first-order valence-corrected chi connectivity index (χ1v) is 8.45. The number of para-hydroxylation sites is 1. The van der Waals surface area contributed by atoms with Crippen LogP contribution in [0.5, 0.6) is 0 Å². The first-order valence-electron chi connectivity index (χ1n) is 8.45. The Balaban J connectivity index is 1.66. The number of pyridine rings is 1. The standard InChI is InChI=1S/C19H18N4O3/c1-26-19(25)16-11-14-12-22(9-4-10-23(14)21-16)18(24)15-7-2-5-13-6-3-8-20-17(13)15/h2-3,5-8,11H,4,9-10,12H2,1H3. The van der Waals surface area contributed by atoms with E-state index >= 15 is 0 Å². The highest BCUT2D eigenvalue weighted by Crippen LogP contribution is 2.21. The lowest BCUT2D eigenvalue weighted by Crippen LogP contribution is -2.31. The number of esters is 1. The first kappa shape index (κ1) is 16.3. The number of methoxy groups -OCH3 is 1. The molecule has 4 rings (SSSR count). The lowest BCUT2D eigenvalue weighted by Gasteiger charge is -2.20. The van der Waals surface area contributed by atoms with Gasteiger partial charge in [-0.25, -0.2) is 4.79 Å². The van der Waals surface area contributed by atoms with Crippen LogP contribution >= 0.6 is 0 Å². The van der Waals surface area contributed by atoms with Gasteiger partial charge >= 0.3 is 5.97 Å². The van der Waals surface area contributed by atoms with Crippen molar-refractivity contribution in [2.45, 2.75) is 19.5 Å². The quantitative estimate of drug-likeness (QED) is 0.663. The van der Waals surface area contributed by atoms with Crippen molar-refractivity contribution >= 4 is 22.8 Å². The number of rotatable bonds is 2. The van der Waals surface area contributed by atoms with E-state index in [-0.39, 0.29) is 11.6 Å².